The van der Waals surface area contributed by atoms with Gasteiger partial charge in [0.15, 0.2) is 11.0 Å². The molecule has 1 aromatic heterocycles. The van der Waals surface area contributed by atoms with Crippen molar-refractivity contribution < 1.29 is 4.74 Å². The zero-order chi connectivity index (χ0) is 14.8. The summed E-state index contributed by atoms with van der Waals surface area (Å²) in [6.45, 7) is 4.72. The van der Waals surface area contributed by atoms with Gasteiger partial charge in [-0.1, -0.05) is 49.3 Å². The summed E-state index contributed by atoms with van der Waals surface area (Å²) < 4.78 is 8.02. The van der Waals surface area contributed by atoms with Crippen LogP contribution in [0.2, 0.25) is 5.02 Å². The molecule has 1 aliphatic rings. The zero-order valence-corrected chi connectivity index (χ0v) is 13.7. The van der Waals surface area contributed by atoms with E-state index in [2.05, 4.69) is 28.6 Å². The summed E-state index contributed by atoms with van der Waals surface area (Å²) in [6, 6.07) is 8.02. The predicted molar refractivity (Wildman–Crippen MR) is 85.1 cm³/mol. The average molecular weight is 324 g/mol. The van der Waals surface area contributed by atoms with Crippen molar-refractivity contribution in [1.82, 2.24) is 14.8 Å². The molecule has 0 spiro atoms. The Balaban J connectivity index is 1.76. The van der Waals surface area contributed by atoms with Crippen LogP contribution in [-0.2, 0) is 6.61 Å². The quantitative estimate of drug-likeness (QED) is 0.741. The molecule has 2 aromatic rings. The molecule has 0 N–H and O–H groups in total. The number of ether oxygens (including phenoxy) is 1. The van der Waals surface area contributed by atoms with Gasteiger partial charge in [0.25, 0.3) is 0 Å². The number of hydrogen-bond donors (Lipinski definition) is 0. The molecule has 0 radical (unpaired) electrons. The van der Waals surface area contributed by atoms with Crippen molar-refractivity contribution in [1.29, 1.82) is 0 Å². The largest absolute Gasteiger partial charge is 0.484 e. The van der Waals surface area contributed by atoms with Crippen LogP contribution in [0.1, 0.15) is 38.6 Å². The smallest absolute Gasteiger partial charge is 0.191 e. The van der Waals surface area contributed by atoms with Crippen molar-refractivity contribution in [2.75, 3.05) is 0 Å². The molecule has 6 heteroatoms. The third kappa shape index (κ3) is 3.52. The molecule has 0 saturated heterocycles. The average Bonchev–Trinajstić information content (AvgIpc) is 3.20. The Bertz CT molecular complexity index is 625. The molecule has 0 bridgehead atoms. The van der Waals surface area contributed by atoms with Gasteiger partial charge in [0.2, 0.25) is 0 Å². The lowest BCUT2D eigenvalue weighted by molar-refractivity contribution is 0.288. The summed E-state index contributed by atoms with van der Waals surface area (Å²) in [5.74, 6) is 1.56. The van der Waals surface area contributed by atoms with E-state index in [-0.39, 0.29) is 0 Å². The summed E-state index contributed by atoms with van der Waals surface area (Å²) in [4.78, 5) is 0. The van der Waals surface area contributed by atoms with E-state index >= 15 is 0 Å². The first-order valence-corrected chi connectivity index (χ1v) is 8.38. The monoisotopic (exact) mass is 323 g/mol. The molecule has 0 aliphatic heterocycles. The third-order valence-electron chi connectivity index (χ3n) is 3.18. The van der Waals surface area contributed by atoms with E-state index in [4.69, 9.17) is 16.3 Å². The molecule has 1 heterocycles. The number of hydrogen-bond acceptors (Lipinski definition) is 4. The number of benzene rings is 1. The highest BCUT2D eigenvalue weighted by Gasteiger charge is 2.30. The molecular formula is C15H18ClN3OS. The topological polar surface area (TPSA) is 39.9 Å². The van der Waals surface area contributed by atoms with E-state index in [0.717, 1.165) is 11.0 Å². The molecule has 1 aliphatic carbocycles. The van der Waals surface area contributed by atoms with Crippen LogP contribution in [0.15, 0.2) is 29.4 Å². The maximum absolute atomic E-state index is 6.11. The fourth-order valence-corrected chi connectivity index (χ4v) is 3.17. The number of aromatic nitrogens is 3. The van der Waals surface area contributed by atoms with Gasteiger partial charge < -0.3 is 4.74 Å². The lowest BCUT2D eigenvalue weighted by atomic mass is 10.3. The first-order chi connectivity index (χ1) is 10.1. The van der Waals surface area contributed by atoms with Crippen LogP contribution in [0.4, 0.5) is 0 Å². The van der Waals surface area contributed by atoms with Gasteiger partial charge in [0.05, 0.1) is 5.02 Å². The second-order valence-electron chi connectivity index (χ2n) is 5.39. The Morgan fingerprint density at radius 1 is 1.33 bits per heavy atom. The van der Waals surface area contributed by atoms with Gasteiger partial charge in [-0.25, -0.2) is 0 Å². The van der Waals surface area contributed by atoms with Crippen LogP contribution in [-0.4, -0.2) is 20.0 Å². The molecule has 0 unspecified atom stereocenters. The molecule has 21 heavy (non-hydrogen) atoms. The van der Waals surface area contributed by atoms with Gasteiger partial charge in [0, 0.05) is 11.3 Å². The third-order valence-corrected chi connectivity index (χ3v) is 4.45. The number of halogens is 1. The standard InChI is InChI=1S/C15H18ClN3OS/c1-10(2)21-15-18-17-14(19(15)11-7-8-11)9-20-13-6-4-3-5-12(13)16/h3-6,10-11H,7-9H2,1-2H3. The highest BCUT2D eigenvalue weighted by Crippen LogP contribution is 2.39. The maximum Gasteiger partial charge on any atom is 0.191 e. The van der Waals surface area contributed by atoms with Gasteiger partial charge in [-0.05, 0) is 25.0 Å². The summed E-state index contributed by atoms with van der Waals surface area (Å²) in [5, 5.41) is 10.7. The van der Waals surface area contributed by atoms with Gasteiger partial charge in [-0.15, -0.1) is 10.2 Å². The minimum Gasteiger partial charge on any atom is -0.484 e. The first kappa shape index (κ1) is 14.7. The van der Waals surface area contributed by atoms with Gasteiger partial charge in [-0.2, -0.15) is 0 Å². The first-order valence-electron chi connectivity index (χ1n) is 7.13. The highest BCUT2D eigenvalue weighted by atomic mass is 35.5. The fraction of sp³-hybridized carbons (Fsp3) is 0.467. The van der Waals surface area contributed by atoms with Gasteiger partial charge >= 0.3 is 0 Å². The van der Waals surface area contributed by atoms with Crippen LogP contribution in [0.3, 0.4) is 0 Å². The van der Waals surface area contributed by atoms with Gasteiger partial charge in [0.1, 0.15) is 12.4 Å². The molecule has 3 rings (SSSR count). The highest BCUT2D eigenvalue weighted by molar-refractivity contribution is 7.99. The van der Waals surface area contributed by atoms with E-state index in [1.165, 1.54) is 12.8 Å². The Hall–Kier alpha value is -1.20. The van der Waals surface area contributed by atoms with Crippen LogP contribution in [0, 0.1) is 0 Å². The van der Waals surface area contributed by atoms with Crippen molar-refractivity contribution in [2.24, 2.45) is 0 Å². The minimum atomic E-state index is 0.395. The zero-order valence-electron chi connectivity index (χ0n) is 12.1. The minimum absolute atomic E-state index is 0.395. The molecular weight excluding hydrogens is 306 g/mol. The van der Waals surface area contributed by atoms with Crippen LogP contribution < -0.4 is 4.74 Å². The molecule has 112 valence electrons. The summed E-state index contributed by atoms with van der Waals surface area (Å²) in [6.07, 6.45) is 2.39. The molecule has 0 amide bonds. The van der Waals surface area contributed by atoms with E-state index in [9.17, 15) is 0 Å². The Morgan fingerprint density at radius 2 is 2.10 bits per heavy atom. The lowest BCUT2D eigenvalue weighted by Crippen LogP contribution is -2.07. The normalized spacial score (nSPS) is 14.7. The molecule has 1 fully saturated rings. The van der Waals surface area contributed by atoms with E-state index in [1.807, 2.05) is 24.3 Å². The van der Waals surface area contributed by atoms with E-state index in [0.29, 0.717) is 28.7 Å². The van der Waals surface area contributed by atoms with Gasteiger partial charge in [-0.3, -0.25) is 4.57 Å². The lowest BCUT2D eigenvalue weighted by Gasteiger charge is -2.11. The van der Waals surface area contributed by atoms with Crippen LogP contribution in [0.25, 0.3) is 0 Å². The number of thioether (sulfide) groups is 1. The summed E-state index contributed by atoms with van der Waals surface area (Å²) >= 11 is 7.85. The van der Waals surface area contributed by atoms with Crippen molar-refractivity contribution >= 4 is 23.4 Å². The van der Waals surface area contributed by atoms with Crippen LogP contribution >= 0.6 is 23.4 Å². The van der Waals surface area contributed by atoms with Crippen molar-refractivity contribution in [3.8, 4) is 5.75 Å². The second-order valence-corrected chi connectivity index (χ2v) is 7.34. The maximum atomic E-state index is 6.11. The molecule has 0 atom stereocenters. The Kier molecular flexibility index (Phi) is 4.40. The fourth-order valence-electron chi connectivity index (χ4n) is 2.10. The SMILES string of the molecule is CC(C)Sc1nnc(COc2ccccc2Cl)n1C1CC1. The Labute approximate surface area is 133 Å². The number of nitrogens with zero attached hydrogens (tertiary/aromatic N) is 3. The number of para-hydroxylation sites is 1. The number of rotatable bonds is 6. The summed E-state index contributed by atoms with van der Waals surface area (Å²) in [7, 11) is 0. The second kappa shape index (κ2) is 6.28. The van der Waals surface area contributed by atoms with E-state index in [1.54, 1.807) is 11.8 Å². The Morgan fingerprint density at radius 3 is 2.76 bits per heavy atom. The van der Waals surface area contributed by atoms with Crippen molar-refractivity contribution in [2.45, 2.75) is 49.7 Å². The predicted octanol–water partition coefficient (Wildman–Crippen LogP) is 4.35. The molecule has 1 aromatic carbocycles. The van der Waals surface area contributed by atoms with Crippen LogP contribution in [0.5, 0.6) is 5.75 Å². The summed E-state index contributed by atoms with van der Waals surface area (Å²) in [5.41, 5.74) is 0. The van der Waals surface area contributed by atoms with Crippen molar-refractivity contribution in [3.63, 3.8) is 0 Å². The van der Waals surface area contributed by atoms with Crippen molar-refractivity contribution in [3.05, 3.63) is 35.1 Å². The molecule has 1 saturated carbocycles. The molecule has 4 nitrogen and oxygen atoms in total. The van der Waals surface area contributed by atoms with E-state index < -0.39 is 0 Å².